The molecule has 0 aliphatic heterocycles. The van der Waals surface area contributed by atoms with Gasteiger partial charge in [-0.1, -0.05) is 20.3 Å². The summed E-state index contributed by atoms with van der Waals surface area (Å²) in [5.41, 5.74) is 0. The second kappa shape index (κ2) is 5.80. The minimum atomic E-state index is 0.770. The molecule has 0 saturated carbocycles. The van der Waals surface area contributed by atoms with Crippen molar-refractivity contribution in [2.24, 2.45) is 10.9 Å². The molecule has 0 saturated heterocycles. The summed E-state index contributed by atoms with van der Waals surface area (Å²) in [5.74, 6) is 0.770. The fourth-order valence-corrected chi connectivity index (χ4v) is 0.869. The summed E-state index contributed by atoms with van der Waals surface area (Å²) in [6, 6.07) is 0. The van der Waals surface area contributed by atoms with Crippen molar-refractivity contribution < 1.29 is 0 Å². The first-order chi connectivity index (χ1) is 4.31. The Labute approximate surface area is 58.2 Å². The van der Waals surface area contributed by atoms with Crippen LogP contribution in [0.25, 0.3) is 0 Å². The number of rotatable bonds is 4. The molecule has 0 aliphatic rings. The first-order valence-corrected chi connectivity index (χ1v) is 3.75. The molecule has 0 spiro atoms. The fraction of sp³-hybridized carbons (Fsp3) is 0.875. The zero-order chi connectivity index (χ0) is 7.11. The molecule has 0 amide bonds. The lowest BCUT2D eigenvalue weighted by Gasteiger charge is -2.03. The van der Waals surface area contributed by atoms with E-state index in [9.17, 15) is 0 Å². The maximum absolute atomic E-state index is 4.17. The highest BCUT2D eigenvalue weighted by Crippen LogP contribution is 2.03. The predicted octanol–water partition coefficient (Wildman–Crippen LogP) is 2.51. The molecule has 0 bridgehead atoms. The zero-order valence-corrected chi connectivity index (χ0v) is 6.72. The van der Waals surface area contributed by atoms with Gasteiger partial charge in [0.25, 0.3) is 0 Å². The van der Waals surface area contributed by atoms with E-state index in [1.807, 2.05) is 13.1 Å². The maximum atomic E-state index is 4.17. The van der Waals surface area contributed by atoms with Crippen LogP contribution in [0, 0.1) is 5.92 Å². The SMILES string of the molecule is CC=NCC(C)CCC. The van der Waals surface area contributed by atoms with Crippen LogP contribution in [-0.4, -0.2) is 12.8 Å². The van der Waals surface area contributed by atoms with Gasteiger partial charge in [-0.05, 0) is 25.5 Å². The van der Waals surface area contributed by atoms with E-state index >= 15 is 0 Å². The molecule has 0 rings (SSSR count). The number of nitrogens with zero attached hydrogens (tertiary/aromatic N) is 1. The van der Waals surface area contributed by atoms with E-state index in [2.05, 4.69) is 18.8 Å². The second-order valence-corrected chi connectivity index (χ2v) is 2.52. The number of hydrogen-bond donors (Lipinski definition) is 0. The Bertz CT molecular complexity index is 76.6. The molecule has 1 unspecified atom stereocenters. The van der Waals surface area contributed by atoms with Gasteiger partial charge in [-0.2, -0.15) is 0 Å². The quantitative estimate of drug-likeness (QED) is 0.514. The summed E-state index contributed by atoms with van der Waals surface area (Å²) in [4.78, 5) is 4.17. The molecule has 0 fully saturated rings. The average Bonchev–Trinajstić information content (AvgIpc) is 1.85. The van der Waals surface area contributed by atoms with Crippen LogP contribution < -0.4 is 0 Å². The lowest BCUT2D eigenvalue weighted by molar-refractivity contribution is 0.538. The molecular weight excluding hydrogens is 110 g/mol. The summed E-state index contributed by atoms with van der Waals surface area (Å²) >= 11 is 0. The topological polar surface area (TPSA) is 12.4 Å². The van der Waals surface area contributed by atoms with Crippen molar-refractivity contribution in [3.63, 3.8) is 0 Å². The fourth-order valence-electron chi connectivity index (χ4n) is 0.869. The summed E-state index contributed by atoms with van der Waals surface area (Å²) in [6.07, 6.45) is 4.46. The standard InChI is InChI=1S/C8H17N/c1-4-6-8(3)7-9-5-2/h5,8H,4,6-7H2,1-3H3. The van der Waals surface area contributed by atoms with E-state index in [0.717, 1.165) is 12.5 Å². The minimum Gasteiger partial charge on any atom is -0.298 e. The molecule has 0 aromatic carbocycles. The van der Waals surface area contributed by atoms with Crippen LogP contribution in [0.1, 0.15) is 33.6 Å². The van der Waals surface area contributed by atoms with Gasteiger partial charge in [0.1, 0.15) is 0 Å². The van der Waals surface area contributed by atoms with Crippen LogP contribution in [0.5, 0.6) is 0 Å². The Morgan fingerprint density at radius 2 is 2.22 bits per heavy atom. The largest absolute Gasteiger partial charge is 0.298 e. The molecule has 1 atom stereocenters. The van der Waals surface area contributed by atoms with Gasteiger partial charge in [0.05, 0.1) is 0 Å². The minimum absolute atomic E-state index is 0.770. The van der Waals surface area contributed by atoms with Crippen molar-refractivity contribution in [1.82, 2.24) is 0 Å². The van der Waals surface area contributed by atoms with E-state index < -0.39 is 0 Å². The van der Waals surface area contributed by atoms with Gasteiger partial charge in [-0.25, -0.2) is 0 Å². The van der Waals surface area contributed by atoms with Crippen LogP contribution in [-0.2, 0) is 0 Å². The third kappa shape index (κ3) is 5.54. The van der Waals surface area contributed by atoms with Crippen molar-refractivity contribution in [2.45, 2.75) is 33.6 Å². The van der Waals surface area contributed by atoms with Crippen LogP contribution in [0.4, 0.5) is 0 Å². The predicted molar refractivity (Wildman–Crippen MR) is 43.1 cm³/mol. The van der Waals surface area contributed by atoms with Crippen molar-refractivity contribution in [3.05, 3.63) is 0 Å². The lowest BCUT2D eigenvalue weighted by Crippen LogP contribution is -1.97. The van der Waals surface area contributed by atoms with E-state index in [1.165, 1.54) is 12.8 Å². The van der Waals surface area contributed by atoms with Gasteiger partial charge in [0, 0.05) is 6.54 Å². The van der Waals surface area contributed by atoms with Gasteiger partial charge in [0.2, 0.25) is 0 Å². The molecular formula is C8H17N. The van der Waals surface area contributed by atoms with Crippen molar-refractivity contribution in [2.75, 3.05) is 6.54 Å². The molecule has 1 nitrogen and oxygen atoms in total. The molecule has 1 heteroatoms. The molecule has 54 valence electrons. The van der Waals surface area contributed by atoms with Crippen LogP contribution in [0.15, 0.2) is 4.99 Å². The summed E-state index contributed by atoms with van der Waals surface area (Å²) in [6.45, 7) is 7.44. The van der Waals surface area contributed by atoms with Gasteiger partial charge < -0.3 is 0 Å². The molecule has 0 aliphatic carbocycles. The number of aliphatic imine (C=N–C) groups is 1. The second-order valence-electron chi connectivity index (χ2n) is 2.52. The highest BCUT2D eigenvalue weighted by atomic mass is 14.7. The Balaban J connectivity index is 3.15. The highest BCUT2D eigenvalue weighted by molar-refractivity contribution is 5.53. The smallest absolute Gasteiger partial charge is 0.0410 e. The van der Waals surface area contributed by atoms with Crippen molar-refractivity contribution in [1.29, 1.82) is 0 Å². The van der Waals surface area contributed by atoms with Crippen molar-refractivity contribution >= 4 is 6.21 Å². The number of hydrogen-bond acceptors (Lipinski definition) is 1. The molecule has 0 N–H and O–H groups in total. The van der Waals surface area contributed by atoms with E-state index in [4.69, 9.17) is 0 Å². The third-order valence-electron chi connectivity index (χ3n) is 1.38. The molecule has 0 aromatic heterocycles. The van der Waals surface area contributed by atoms with Crippen LogP contribution >= 0.6 is 0 Å². The first-order valence-electron chi connectivity index (χ1n) is 3.75. The van der Waals surface area contributed by atoms with Gasteiger partial charge in [-0.3, -0.25) is 4.99 Å². The van der Waals surface area contributed by atoms with E-state index in [-0.39, 0.29) is 0 Å². The highest BCUT2D eigenvalue weighted by Gasteiger charge is 1.95. The Kier molecular flexibility index (Phi) is 5.59. The van der Waals surface area contributed by atoms with E-state index in [0.29, 0.717) is 0 Å². The normalized spacial score (nSPS) is 14.6. The molecule has 0 heterocycles. The first kappa shape index (κ1) is 8.67. The molecule has 0 radical (unpaired) electrons. The molecule has 9 heavy (non-hydrogen) atoms. The summed E-state index contributed by atoms with van der Waals surface area (Å²) in [5, 5.41) is 0. The summed E-state index contributed by atoms with van der Waals surface area (Å²) < 4.78 is 0. The van der Waals surface area contributed by atoms with Gasteiger partial charge >= 0.3 is 0 Å². The Hall–Kier alpha value is -0.330. The molecule has 0 aromatic rings. The third-order valence-corrected chi connectivity index (χ3v) is 1.38. The van der Waals surface area contributed by atoms with Crippen LogP contribution in [0.3, 0.4) is 0 Å². The van der Waals surface area contributed by atoms with Crippen LogP contribution in [0.2, 0.25) is 0 Å². The summed E-state index contributed by atoms with van der Waals surface area (Å²) in [7, 11) is 0. The average molecular weight is 127 g/mol. The van der Waals surface area contributed by atoms with Gasteiger partial charge in [-0.15, -0.1) is 0 Å². The van der Waals surface area contributed by atoms with Gasteiger partial charge in [0.15, 0.2) is 0 Å². The maximum Gasteiger partial charge on any atom is 0.0410 e. The zero-order valence-electron chi connectivity index (χ0n) is 6.72. The van der Waals surface area contributed by atoms with Crippen molar-refractivity contribution in [3.8, 4) is 0 Å². The monoisotopic (exact) mass is 127 g/mol. The lowest BCUT2D eigenvalue weighted by atomic mass is 10.1. The Morgan fingerprint density at radius 1 is 1.56 bits per heavy atom. The Morgan fingerprint density at radius 3 is 2.67 bits per heavy atom. The van der Waals surface area contributed by atoms with E-state index in [1.54, 1.807) is 0 Å².